The molecule has 1 amide bonds. The van der Waals surface area contributed by atoms with Crippen molar-refractivity contribution in [3.8, 4) is 5.75 Å². The lowest BCUT2D eigenvalue weighted by molar-refractivity contribution is 0.0938. The van der Waals surface area contributed by atoms with Crippen molar-refractivity contribution in [2.24, 2.45) is 0 Å². The third kappa shape index (κ3) is 5.63. The lowest BCUT2D eigenvalue weighted by Crippen LogP contribution is -2.29. The van der Waals surface area contributed by atoms with Crippen LogP contribution in [0.3, 0.4) is 0 Å². The second-order valence-electron chi connectivity index (χ2n) is 5.99. The third-order valence-electron chi connectivity index (χ3n) is 3.90. The fraction of sp³-hybridized carbons (Fsp3) is 0.400. The molecule has 0 bridgehead atoms. The molecule has 8 heteroatoms. The number of carbonyl (C=O) groups excluding carboxylic acids is 1. The highest BCUT2D eigenvalue weighted by Gasteiger charge is 2.20. The zero-order valence-electron chi connectivity index (χ0n) is 15.8. The van der Waals surface area contributed by atoms with Crippen molar-refractivity contribution in [2.75, 3.05) is 13.2 Å². The van der Waals surface area contributed by atoms with E-state index in [1.807, 2.05) is 6.92 Å². The molecule has 1 N–H and O–H groups in total. The monoisotopic (exact) mass is 395 g/mol. The summed E-state index contributed by atoms with van der Waals surface area (Å²) in [7, 11) is 0. The van der Waals surface area contributed by atoms with Gasteiger partial charge >= 0.3 is 0 Å². The Hall–Kier alpha value is -2.74. The zero-order chi connectivity index (χ0) is 20.5. The molecule has 0 fully saturated rings. The largest absolute Gasteiger partial charge is 0.486 e. The van der Waals surface area contributed by atoms with E-state index >= 15 is 0 Å². The van der Waals surface area contributed by atoms with Crippen LogP contribution in [0.2, 0.25) is 0 Å². The fourth-order valence-electron chi connectivity index (χ4n) is 2.34. The van der Waals surface area contributed by atoms with Crippen LogP contribution in [0, 0.1) is 11.6 Å². The molecular weight excluding hydrogens is 372 g/mol. The number of carbonyl (C=O) groups is 1. The van der Waals surface area contributed by atoms with E-state index in [1.165, 1.54) is 6.07 Å². The molecule has 2 rings (SSSR count). The van der Waals surface area contributed by atoms with Gasteiger partial charge in [0.15, 0.2) is 5.76 Å². The number of benzene rings is 1. The number of rotatable bonds is 10. The number of nitrogens with one attached hydrogen (secondary N) is 1. The van der Waals surface area contributed by atoms with Crippen LogP contribution in [0.1, 0.15) is 48.4 Å². The summed E-state index contributed by atoms with van der Waals surface area (Å²) in [6, 6.07) is 3.02. The van der Waals surface area contributed by atoms with Crippen molar-refractivity contribution >= 4 is 5.91 Å². The van der Waals surface area contributed by atoms with Crippen molar-refractivity contribution < 1.29 is 27.5 Å². The van der Waals surface area contributed by atoms with Gasteiger partial charge in [0, 0.05) is 24.8 Å². The molecule has 0 aliphatic heterocycles. The first-order valence-electron chi connectivity index (χ1n) is 9.05. The molecule has 6 nitrogen and oxygen atoms in total. The van der Waals surface area contributed by atoms with Gasteiger partial charge in [0.2, 0.25) is 11.2 Å². The van der Waals surface area contributed by atoms with Gasteiger partial charge in [0.1, 0.15) is 30.1 Å². The lowest BCUT2D eigenvalue weighted by Gasteiger charge is -2.11. The zero-order valence-corrected chi connectivity index (χ0v) is 15.8. The molecule has 0 aliphatic carbocycles. The van der Waals surface area contributed by atoms with Gasteiger partial charge in [0.25, 0.3) is 5.91 Å². The van der Waals surface area contributed by atoms with E-state index in [9.17, 15) is 18.4 Å². The van der Waals surface area contributed by atoms with E-state index in [-0.39, 0.29) is 35.8 Å². The number of ether oxygens (including phenoxy) is 2. The van der Waals surface area contributed by atoms with Crippen molar-refractivity contribution in [1.29, 1.82) is 0 Å². The summed E-state index contributed by atoms with van der Waals surface area (Å²) < 4.78 is 42.8. The van der Waals surface area contributed by atoms with Crippen LogP contribution in [0.5, 0.6) is 5.75 Å². The predicted molar refractivity (Wildman–Crippen MR) is 98.2 cm³/mol. The minimum absolute atomic E-state index is 0.0376. The molecule has 1 aromatic heterocycles. The maximum atomic E-state index is 13.7. The van der Waals surface area contributed by atoms with Gasteiger partial charge in [-0.3, -0.25) is 9.59 Å². The van der Waals surface area contributed by atoms with E-state index in [0.717, 1.165) is 31.2 Å². The molecule has 0 saturated carbocycles. The van der Waals surface area contributed by atoms with Crippen LogP contribution in [0.4, 0.5) is 8.78 Å². The summed E-state index contributed by atoms with van der Waals surface area (Å²) in [6.45, 7) is 4.32. The van der Waals surface area contributed by atoms with Gasteiger partial charge in [-0.15, -0.1) is 0 Å². The van der Waals surface area contributed by atoms with Crippen LogP contribution in [0.25, 0.3) is 0 Å². The summed E-state index contributed by atoms with van der Waals surface area (Å²) in [4.78, 5) is 25.1. The summed E-state index contributed by atoms with van der Waals surface area (Å²) in [5, 5.41) is 2.43. The molecule has 0 aliphatic rings. The minimum Gasteiger partial charge on any atom is -0.486 e. The molecule has 2 aromatic rings. The Kier molecular flexibility index (Phi) is 8.13. The molecular formula is C20H23F2NO5. The average Bonchev–Trinajstić information content (AvgIpc) is 2.67. The van der Waals surface area contributed by atoms with Crippen LogP contribution >= 0.6 is 0 Å². The van der Waals surface area contributed by atoms with E-state index in [4.69, 9.17) is 13.9 Å². The Bertz CT molecular complexity index is 866. The first kappa shape index (κ1) is 21.6. The van der Waals surface area contributed by atoms with E-state index in [0.29, 0.717) is 13.2 Å². The van der Waals surface area contributed by atoms with E-state index in [2.05, 4.69) is 5.32 Å². The number of amides is 1. The smallest absolute Gasteiger partial charge is 0.258 e. The normalized spacial score (nSPS) is 10.7. The number of halogens is 2. The van der Waals surface area contributed by atoms with Gasteiger partial charge in [-0.05, 0) is 19.4 Å². The standard InChI is InChI=1S/C20H23F2NO5/c1-3-5-8-27-19-17(12-26-4-2)28-11-15(18(19)24)20(25)23-10-13-6-7-14(21)9-16(13)22/h6-7,9,11H,3-5,8,10,12H2,1-2H3,(H,23,25). The van der Waals surface area contributed by atoms with Crippen LogP contribution in [-0.2, 0) is 17.9 Å². The summed E-state index contributed by atoms with van der Waals surface area (Å²) in [5.74, 6) is -2.12. The molecule has 28 heavy (non-hydrogen) atoms. The van der Waals surface area contributed by atoms with Gasteiger partial charge in [-0.2, -0.15) is 0 Å². The molecule has 152 valence electrons. The predicted octanol–water partition coefficient (Wildman–Crippen LogP) is 3.56. The molecule has 0 saturated heterocycles. The first-order chi connectivity index (χ1) is 13.5. The van der Waals surface area contributed by atoms with Gasteiger partial charge in [-0.25, -0.2) is 8.78 Å². The SMILES string of the molecule is CCCCOc1c(COCC)occ(C(=O)NCc2ccc(F)cc2F)c1=O. The minimum atomic E-state index is -0.789. The Morgan fingerprint density at radius 1 is 1.25 bits per heavy atom. The number of unbranched alkanes of at least 4 members (excludes halogenated alkanes) is 1. The summed E-state index contributed by atoms with van der Waals surface area (Å²) in [5.41, 5.74) is -0.810. The van der Waals surface area contributed by atoms with Gasteiger partial charge in [0.05, 0.1) is 6.61 Å². The Morgan fingerprint density at radius 3 is 2.71 bits per heavy atom. The second-order valence-corrected chi connectivity index (χ2v) is 5.99. The molecule has 1 heterocycles. The van der Waals surface area contributed by atoms with E-state index in [1.54, 1.807) is 6.92 Å². The topological polar surface area (TPSA) is 77.8 Å². The Morgan fingerprint density at radius 2 is 2.04 bits per heavy atom. The molecule has 0 atom stereocenters. The molecule has 1 aromatic carbocycles. The highest BCUT2D eigenvalue weighted by atomic mass is 19.1. The van der Waals surface area contributed by atoms with Crippen molar-refractivity contribution in [3.63, 3.8) is 0 Å². The van der Waals surface area contributed by atoms with Crippen LogP contribution in [0.15, 0.2) is 33.7 Å². The lowest BCUT2D eigenvalue weighted by atomic mass is 10.2. The molecule has 0 spiro atoms. The van der Waals surface area contributed by atoms with Crippen molar-refractivity contribution in [2.45, 2.75) is 39.8 Å². The quantitative estimate of drug-likeness (QED) is 0.623. The van der Waals surface area contributed by atoms with Gasteiger partial charge < -0.3 is 19.2 Å². The maximum Gasteiger partial charge on any atom is 0.258 e. The van der Waals surface area contributed by atoms with Crippen LogP contribution in [-0.4, -0.2) is 19.1 Å². The highest BCUT2D eigenvalue weighted by Crippen LogP contribution is 2.17. The second kappa shape index (κ2) is 10.6. The average molecular weight is 395 g/mol. The molecule has 0 radical (unpaired) electrons. The summed E-state index contributed by atoms with van der Waals surface area (Å²) >= 11 is 0. The Labute approximate surface area is 161 Å². The maximum absolute atomic E-state index is 13.7. The summed E-state index contributed by atoms with van der Waals surface area (Å²) in [6.07, 6.45) is 2.63. The number of hydrogen-bond acceptors (Lipinski definition) is 5. The first-order valence-corrected chi connectivity index (χ1v) is 9.05. The van der Waals surface area contributed by atoms with Gasteiger partial charge in [-0.1, -0.05) is 19.4 Å². The van der Waals surface area contributed by atoms with Crippen molar-refractivity contribution in [3.05, 3.63) is 63.2 Å². The molecule has 0 unspecified atom stereocenters. The fourth-order valence-corrected chi connectivity index (χ4v) is 2.34. The Balaban J connectivity index is 2.19. The third-order valence-corrected chi connectivity index (χ3v) is 3.90. The van der Waals surface area contributed by atoms with E-state index < -0.39 is 23.0 Å². The number of hydrogen-bond donors (Lipinski definition) is 1. The van der Waals surface area contributed by atoms with Crippen LogP contribution < -0.4 is 15.5 Å². The highest BCUT2D eigenvalue weighted by molar-refractivity contribution is 5.94. The van der Waals surface area contributed by atoms with Crippen molar-refractivity contribution in [1.82, 2.24) is 5.32 Å².